The Balaban J connectivity index is 2.31. The highest BCUT2D eigenvalue weighted by Crippen LogP contribution is 2.18. The molecule has 1 aromatic rings. The summed E-state index contributed by atoms with van der Waals surface area (Å²) in [5, 5.41) is 13.1. The van der Waals surface area contributed by atoms with E-state index in [4.69, 9.17) is 4.74 Å². The topological polar surface area (TPSA) is 58.6 Å². The summed E-state index contributed by atoms with van der Waals surface area (Å²) >= 11 is 0. The van der Waals surface area contributed by atoms with Gasteiger partial charge in [0.1, 0.15) is 5.75 Å². The Morgan fingerprint density at radius 1 is 1.50 bits per heavy atom. The number of aliphatic hydroxyl groups is 1. The Morgan fingerprint density at radius 2 is 2.28 bits per heavy atom. The Morgan fingerprint density at radius 3 is 2.94 bits per heavy atom. The van der Waals surface area contributed by atoms with Crippen LogP contribution in [0.4, 0.5) is 0 Å². The minimum Gasteiger partial charge on any atom is -0.497 e. The van der Waals surface area contributed by atoms with Gasteiger partial charge in [0.25, 0.3) is 0 Å². The highest BCUT2D eigenvalue weighted by atomic mass is 32.2. The van der Waals surface area contributed by atoms with Gasteiger partial charge in [0.2, 0.25) is 0 Å². The van der Waals surface area contributed by atoms with Crippen LogP contribution >= 0.6 is 0 Å². The average Bonchev–Trinajstić information content (AvgIpc) is 2.37. The first-order chi connectivity index (χ1) is 8.63. The number of methoxy groups -OCH3 is 1. The fourth-order valence-electron chi connectivity index (χ4n) is 1.61. The Kier molecular flexibility index (Phi) is 6.93. The highest BCUT2D eigenvalue weighted by Gasteiger charge is 2.07. The summed E-state index contributed by atoms with van der Waals surface area (Å²) in [7, 11) is 0.867. The highest BCUT2D eigenvalue weighted by molar-refractivity contribution is 7.84. The number of ether oxygens (including phenoxy) is 1. The lowest BCUT2D eigenvalue weighted by Crippen LogP contribution is -2.23. The number of hydrogen-bond donors (Lipinski definition) is 2. The zero-order valence-corrected chi connectivity index (χ0v) is 11.7. The summed E-state index contributed by atoms with van der Waals surface area (Å²) < 4.78 is 16.0. The van der Waals surface area contributed by atoms with Crippen LogP contribution in [0.5, 0.6) is 5.75 Å². The molecule has 0 aliphatic rings. The summed E-state index contributed by atoms with van der Waals surface area (Å²) in [4.78, 5) is 0. The van der Waals surface area contributed by atoms with E-state index < -0.39 is 16.9 Å². The molecule has 0 amide bonds. The maximum atomic E-state index is 10.9. The van der Waals surface area contributed by atoms with E-state index in [1.54, 1.807) is 13.4 Å². The van der Waals surface area contributed by atoms with Crippen LogP contribution < -0.4 is 10.1 Å². The molecule has 1 rings (SSSR count). The first kappa shape index (κ1) is 15.1. The molecule has 102 valence electrons. The van der Waals surface area contributed by atoms with E-state index in [1.165, 1.54) is 0 Å². The molecule has 0 aliphatic carbocycles. The molecule has 2 atom stereocenters. The molecule has 4 nitrogen and oxygen atoms in total. The van der Waals surface area contributed by atoms with Crippen molar-refractivity contribution in [2.24, 2.45) is 0 Å². The van der Waals surface area contributed by atoms with Crippen LogP contribution in [0.25, 0.3) is 0 Å². The second kappa shape index (κ2) is 8.24. The van der Waals surface area contributed by atoms with E-state index in [9.17, 15) is 9.32 Å². The van der Waals surface area contributed by atoms with E-state index in [0.717, 1.165) is 24.3 Å². The lowest BCUT2D eigenvalue weighted by molar-refractivity contribution is 0.174. The molecular formula is C13H21NO3S. The standard InChI is InChI=1S/C13H21NO3S/c1-17-12-6-3-5-11(9-12)13(15)10-14-7-4-8-18(2)16/h3,5-6,9,13-15H,4,7-8,10H2,1-2H3. The van der Waals surface area contributed by atoms with Crippen LogP contribution in [0.15, 0.2) is 24.3 Å². The number of benzene rings is 1. The van der Waals surface area contributed by atoms with Crippen LogP contribution in [-0.2, 0) is 10.8 Å². The Bertz CT molecular complexity index is 384. The summed E-state index contributed by atoms with van der Waals surface area (Å²) in [6.45, 7) is 1.25. The molecule has 0 aromatic heterocycles. The fourth-order valence-corrected chi connectivity index (χ4v) is 2.16. The molecule has 5 heteroatoms. The third-order valence-electron chi connectivity index (χ3n) is 2.60. The van der Waals surface area contributed by atoms with Gasteiger partial charge in [0.05, 0.1) is 13.2 Å². The van der Waals surface area contributed by atoms with Crippen molar-refractivity contribution in [3.05, 3.63) is 29.8 Å². The molecule has 0 saturated heterocycles. The summed E-state index contributed by atoms with van der Waals surface area (Å²) in [5.41, 5.74) is 0.834. The molecule has 0 bridgehead atoms. The van der Waals surface area contributed by atoms with Gasteiger partial charge < -0.3 is 15.2 Å². The van der Waals surface area contributed by atoms with Gasteiger partial charge in [0.15, 0.2) is 0 Å². The van der Waals surface area contributed by atoms with Gasteiger partial charge in [-0.2, -0.15) is 0 Å². The van der Waals surface area contributed by atoms with Gasteiger partial charge in [-0.3, -0.25) is 4.21 Å². The quantitative estimate of drug-likeness (QED) is 0.695. The summed E-state index contributed by atoms with van der Waals surface area (Å²) in [6, 6.07) is 7.40. The molecule has 18 heavy (non-hydrogen) atoms. The molecule has 0 spiro atoms. The maximum Gasteiger partial charge on any atom is 0.119 e. The van der Waals surface area contributed by atoms with E-state index in [2.05, 4.69) is 5.32 Å². The van der Waals surface area contributed by atoms with Crippen LogP contribution in [0, 0.1) is 0 Å². The minimum atomic E-state index is -0.739. The van der Waals surface area contributed by atoms with Crippen molar-refractivity contribution in [2.45, 2.75) is 12.5 Å². The van der Waals surface area contributed by atoms with E-state index in [-0.39, 0.29) is 0 Å². The fraction of sp³-hybridized carbons (Fsp3) is 0.538. The van der Waals surface area contributed by atoms with Gasteiger partial charge in [-0.05, 0) is 30.7 Å². The van der Waals surface area contributed by atoms with Crippen molar-refractivity contribution in [3.63, 3.8) is 0 Å². The normalized spacial score (nSPS) is 14.2. The SMILES string of the molecule is COc1cccc(C(O)CNCCCS(C)=O)c1. The third kappa shape index (κ3) is 5.62. The summed E-state index contributed by atoms with van der Waals surface area (Å²) in [5.74, 6) is 1.44. The van der Waals surface area contributed by atoms with Crippen LogP contribution in [0.2, 0.25) is 0 Å². The molecular weight excluding hydrogens is 250 g/mol. The average molecular weight is 271 g/mol. The van der Waals surface area contributed by atoms with Gasteiger partial charge in [-0.1, -0.05) is 12.1 Å². The smallest absolute Gasteiger partial charge is 0.119 e. The van der Waals surface area contributed by atoms with Crippen molar-refractivity contribution in [2.75, 3.05) is 32.2 Å². The van der Waals surface area contributed by atoms with Crippen LogP contribution in [0.1, 0.15) is 18.1 Å². The molecule has 2 N–H and O–H groups in total. The Labute approximate surface area is 111 Å². The largest absolute Gasteiger partial charge is 0.497 e. The predicted molar refractivity (Wildman–Crippen MR) is 74.4 cm³/mol. The second-order valence-electron chi connectivity index (χ2n) is 4.13. The molecule has 0 aliphatic heterocycles. The van der Waals surface area contributed by atoms with Crippen LogP contribution in [0.3, 0.4) is 0 Å². The maximum absolute atomic E-state index is 10.9. The van der Waals surface area contributed by atoms with Gasteiger partial charge in [0, 0.05) is 29.4 Å². The predicted octanol–water partition coefficient (Wildman–Crippen LogP) is 1.09. The number of hydrogen-bond acceptors (Lipinski definition) is 4. The second-order valence-corrected chi connectivity index (χ2v) is 5.68. The molecule has 0 saturated carbocycles. The zero-order chi connectivity index (χ0) is 13.4. The lowest BCUT2D eigenvalue weighted by Gasteiger charge is -2.13. The third-order valence-corrected chi connectivity index (χ3v) is 3.47. The van der Waals surface area contributed by atoms with Crippen molar-refractivity contribution in [1.29, 1.82) is 0 Å². The lowest BCUT2D eigenvalue weighted by atomic mass is 10.1. The van der Waals surface area contributed by atoms with E-state index in [0.29, 0.717) is 12.3 Å². The van der Waals surface area contributed by atoms with Crippen molar-refractivity contribution in [1.82, 2.24) is 5.32 Å². The number of nitrogens with one attached hydrogen (secondary N) is 1. The Hall–Kier alpha value is -0.910. The first-order valence-electron chi connectivity index (χ1n) is 5.96. The number of aliphatic hydroxyl groups excluding tert-OH is 1. The number of rotatable bonds is 8. The van der Waals surface area contributed by atoms with Crippen molar-refractivity contribution >= 4 is 10.8 Å². The minimum absolute atomic E-state index is 0.490. The van der Waals surface area contributed by atoms with Crippen LogP contribution in [-0.4, -0.2) is 41.5 Å². The van der Waals surface area contributed by atoms with Crippen molar-refractivity contribution < 1.29 is 14.1 Å². The van der Waals surface area contributed by atoms with Crippen molar-refractivity contribution in [3.8, 4) is 5.75 Å². The molecule has 0 fully saturated rings. The van der Waals surface area contributed by atoms with Gasteiger partial charge in [-0.25, -0.2) is 0 Å². The molecule has 2 unspecified atom stereocenters. The zero-order valence-electron chi connectivity index (χ0n) is 10.9. The molecule has 1 aromatic carbocycles. The summed E-state index contributed by atoms with van der Waals surface area (Å²) in [6.07, 6.45) is 2.01. The molecule has 0 heterocycles. The van der Waals surface area contributed by atoms with Gasteiger partial charge >= 0.3 is 0 Å². The molecule has 0 radical (unpaired) electrons. The monoisotopic (exact) mass is 271 g/mol. The van der Waals surface area contributed by atoms with E-state index >= 15 is 0 Å². The first-order valence-corrected chi connectivity index (χ1v) is 7.69. The van der Waals surface area contributed by atoms with E-state index in [1.807, 2.05) is 24.3 Å². The van der Waals surface area contributed by atoms with Gasteiger partial charge in [-0.15, -0.1) is 0 Å².